The second-order valence-corrected chi connectivity index (χ2v) is 25.4. The van der Waals surface area contributed by atoms with E-state index in [0.717, 1.165) is 44.9 Å². The van der Waals surface area contributed by atoms with Gasteiger partial charge in [0.1, 0.15) is 24.4 Å². The van der Waals surface area contributed by atoms with Crippen LogP contribution in [0, 0.1) is 0 Å². The first-order valence-corrected chi connectivity index (χ1v) is 36.2. The smallest absolute Gasteiger partial charge is 0.220 e. The highest BCUT2D eigenvalue weighted by Crippen LogP contribution is 2.24. The minimum atomic E-state index is -1.57. The second-order valence-electron chi connectivity index (χ2n) is 25.4. The van der Waals surface area contributed by atoms with Crippen LogP contribution < -0.4 is 5.32 Å². The molecule has 1 amide bonds. The van der Waals surface area contributed by atoms with E-state index in [1.807, 2.05) is 6.08 Å². The van der Waals surface area contributed by atoms with Crippen molar-refractivity contribution in [3.63, 3.8) is 0 Å². The number of hydrogen-bond acceptors (Lipinski definition) is 8. The van der Waals surface area contributed by atoms with Crippen LogP contribution in [-0.2, 0) is 14.3 Å². The third kappa shape index (κ3) is 50.6. The van der Waals surface area contributed by atoms with Crippen molar-refractivity contribution < 1.29 is 39.8 Å². The molecule has 0 bridgehead atoms. The van der Waals surface area contributed by atoms with Crippen molar-refractivity contribution in [2.45, 2.75) is 410 Å². The Hall–Kier alpha value is -1.59. The predicted molar refractivity (Wildman–Crippen MR) is 350 cm³/mol. The molecule has 1 heterocycles. The Labute approximate surface area is 508 Å². The van der Waals surface area contributed by atoms with Crippen molar-refractivity contribution in [2.24, 2.45) is 0 Å². The molecule has 7 atom stereocenters. The van der Waals surface area contributed by atoms with Crippen molar-refractivity contribution in [2.75, 3.05) is 13.2 Å². The van der Waals surface area contributed by atoms with Crippen LogP contribution in [0.15, 0.2) is 36.5 Å². The number of amides is 1. The molecule has 0 spiro atoms. The molecule has 1 saturated heterocycles. The standard InChI is InChI=1S/C73H139NO8/c1-3-5-7-9-11-13-15-17-19-21-23-25-27-29-31-33-35-37-39-41-43-45-47-49-51-53-55-57-59-61-63-69(77)74-66(65-81-73-72(80)71(79)70(78)68(64-75)82-73)67(76)62-60-58-56-54-52-50-48-46-44-42-40-38-36-34-32-30-28-26-24-22-20-18-16-14-12-10-8-6-4-2/h44,46,52,54,60,62,66-68,70-73,75-76,78-80H,3-43,45,47-51,53,55-59,61,63-65H2,1-2H3,(H,74,77)/b46-44+,54-52+,62-60+. The quantitative estimate of drug-likeness (QED) is 0.0261. The Kier molecular flexibility index (Phi) is 59.7. The average Bonchev–Trinajstić information content (AvgIpc) is 3.57. The molecular formula is C73H139NO8. The summed E-state index contributed by atoms with van der Waals surface area (Å²) in [6.45, 7) is 3.82. The van der Waals surface area contributed by atoms with Crippen molar-refractivity contribution in [3.05, 3.63) is 36.5 Å². The Bertz CT molecular complexity index is 1390. The molecule has 484 valence electrons. The summed E-state index contributed by atoms with van der Waals surface area (Å²) < 4.78 is 11.3. The van der Waals surface area contributed by atoms with Crippen LogP contribution in [0.1, 0.15) is 367 Å². The van der Waals surface area contributed by atoms with E-state index in [9.17, 15) is 30.3 Å². The van der Waals surface area contributed by atoms with Gasteiger partial charge >= 0.3 is 0 Å². The third-order valence-corrected chi connectivity index (χ3v) is 17.4. The molecule has 0 aromatic heterocycles. The molecule has 1 rings (SSSR count). The van der Waals surface area contributed by atoms with E-state index in [-0.39, 0.29) is 12.5 Å². The lowest BCUT2D eigenvalue weighted by atomic mass is 9.99. The number of aliphatic hydroxyl groups excluding tert-OH is 5. The third-order valence-electron chi connectivity index (χ3n) is 17.4. The number of hydrogen-bond donors (Lipinski definition) is 6. The number of ether oxygens (including phenoxy) is 2. The lowest BCUT2D eigenvalue weighted by Gasteiger charge is -2.40. The monoisotopic (exact) mass is 1160 g/mol. The zero-order valence-corrected chi connectivity index (χ0v) is 54.3. The molecule has 0 aromatic carbocycles. The van der Waals surface area contributed by atoms with Gasteiger partial charge in [-0.25, -0.2) is 0 Å². The number of allylic oxidation sites excluding steroid dienone is 5. The molecule has 0 aromatic rings. The van der Waals surface area contributed by atoms with Crippen LogP contribution in [0.4, 0.5) is 0 Å². The van der Waals surface area contributed by atoms with Gasteiger partial charge in [-0.1, -0.05) is 352 Å². The van der Waals surface area contributed by atoms with E-state index in [2.05, 4.69) is 43.5 Å². The van der Waals surface area contributed by atoms with E-state index in [0.29, 0.717) is 6.42 Å². The molecule has 82 heavy (non-hydrogen) atoms. The van der Waals surface area contributed by atoms with Crippen LogP contribution in [-0.4, -0.2) is 87.5 Å². The molecule has 9 nitrogen and oxygen atoms in total. The Morgan fingerprint density at radius 2 is 0.695 bits per heavy atom. The Morgan fingerprint density at radius 3 is 1.02 bits per heavy atom. The number of nitrogens with one attached hydrogen (secondary N) is 1. The van der Waals surface area contributed by atoms with Gasteiger partial charge in [0.25, 0.3) is 0 Å². The van der Waals surface area contributed by atoms with Crippen molar-refractivity contribution in [1.29, 1.82) is 0 Å². The van der Waals surface area contributed by atoms with Crippen molar-refractivity contribution >= 4 is 5.91 Å². The molecular weight excluding hydrogens is 1020 g/mol. The molecule has 1 aliphatic heterocycles. The van der Waals surface area contributed by atoms with Gasteiger partial charge in [-0.3, -0.25) is 4.79 Å². The minimum absolute atomic E-state index is 0.183. The summed E-state index contributed by atoms with van der Waals surface area (Å²) >= 11 is 0. The van der Waals surface area contributed by atoms with E-state index >= 15 is 0 Å². The fraction of sp³-hybridized carbons (Fsp3) is 0.904. The Balaban J connectivity index is 2.14. The lowest BCUT2D eigenvalue weighted by molar-refractivity contribution is -0.302. The minimum Gasteiger partial charge on any atom is -0.394 e. The molecule has 1 aliphatic rings. The summed E-state index contributed by atoms with van der Waals surface area (Å²) in [5, 5.41) is 54.8. The topological polar surface area (TPSA) is 149 Å². The van der Waals surface area contributed by atoms with Crippen molar-refractivity contribution in [1.82, 2.24) is 5.32 Å². The lowest BCUT2D eigenvalue weighted by Crippen LogP contribution is -2.60. The summed E-state index contributed by atoms with van der Waals surface area (Å²) in [7, 11) is 0. The highest BCUT2D eigenvalue weighted by molar-refractivity contribution is 5.76. The molecule has 6 N–H and O–H groups in total. The van der Waals surface area contributed by atoms with Crippen LogP contribution >= 0.6 is 0 Å². The number of carbonyl (C=O) groups excluding carboxylic acids is 1. The molecule has 0 radical (unpaired) electrons. The molecule has 7 unspecified atom stereocenters. The SMILES string of the molecule is CCCCCCCCCCCCCCCCCCCCC/C=C/CC/C=C/CC/C=C/C(O)C(COC1OC(CO)C(O)C(O)C1O)NC(=O)CCCCCCCCCCCCCCCCCCCCCCCCCCCCCCCC. The first-order chi connectivity index (χ1) is 40.3. The number of rotatable bonds is 64. The number of unbranched alkanes of at least 4 members (excludes halogenated alkanes) is 50. The zero-order valence-electron chi connectivity index (χ0n) is 54.3. The molecule has 9 heteroatoms. The highest BCUT2D eigenvalue weighted by Gasteiger charge is 2.44. The van der Waals surface area contributed by atoms with Gasteiger partial charge in [-0.15, -0.1) is 0 Å². The molecule has 1 fully saturated rings. The van der Waals surface area contributed by atoms with Crippen molar-refractivity contribution in [3.8, 4) is 0 Å². The van der Waals surface area contributed by atoms with E-state index in [1.165, 1.54) is 302 Å². The first-order valence-electron chi connectivity index (χ1n) is 36.2. The van der Waals surface area contributed by atoms with Gasteiger partial charge in [-0.05, 0) is 44.9 Å². The maximum atomic E-state index is 13.1. The molecule has 0 aliphatic carbocycles. The van der Waals surface area contributed by atoms with Gasteiger partial charge < -0.3 is 40.3 Å². The average molecular weight is 1160 g/mol. The van der Waals surface area contributed by atoms with Crippen LogP contribution in [0.5, 0.6) is 0 Å². The van der Waals surface area contributed by atoms with E-state index < -0.39 is 49.5 Å². The predicted octanol–water partition coefficient (Wildman–Crippen LogP) is 19.8. The van der Waals surface area contributed by atoms with E-state index in [4.69, 9.17) is 9.47 Å². The normalized spacial score (nSPS) is 18.5. The fourth-order valence-electron chi connectivity index (χ4n) is 11.8. The van der Waals surface area contributed by atoms with Gasteiger partial charge in [0.2, 0.25) is 5.91 Å². The van der Waals surface area contributed by atoms with E-state index in [1.54, 1.807) is 6.08 Å². The van der Waals surface area contributed by atoms with Gasteiger partial charge in [-0.2, -0.15) is 0 Å². The van der Waals surface area contributed by atoms with Crippen LogP contribution in [0.25, 0.3) is 0 Å². The number of aliphatic hydroxyl groups is 5. The second kappa shape index (κ2) is 62.5. The van der Waals surface area contributed by atoms with Crippen LogP contribution in [0.3, 0.4) is 0 Å². The largest absolute Gasteiger partial charge is 0.394 e. The highest BCUT2D eigenvalue weighted by atomic mass is 16.7. The van der Waals surface area contributed by atoms with Gasteiger partial charge in [0.05, 0.1) is 25.4 Å². The number of carbonyl (C=O) groups is 1. The van der Waals surface area contributed by atoms with Crippen LogP contribution in [0.2, 0.25) is 0 Å². The van der Waals surface area contributed by atoms with Gasteiger partial charge in [0.15, 0.2) is 6.29 Å². The summed E-state index contributed by atoms with van der Waals surface area (Å²) in [6, 6.07) is -0.828. The summed E-state index contributed by atoms with van der Waals surface area (Å²) in [6.07, 6.45) is 77.0. The first kappa shape index (κ1) is 78.4. The maximum absolute atomic E-state index is 13.1. The summed E-state index contributed by atoms with van der Waals surface area (Å²) in [5.74, 6) is -0.183. The maximum Gasteiger partial charge on any atom is 0.220 e. The fourth-order valence-corrected chi connectivity index (χ4v) is 11.8. The molecule has 0 saturated carbocycles. The zero-order chi connectivity index (χ0) is 59.3. The summed E-state index contributed by atoms with van der Waals surface area (Å²) in [5.41, 5.74) is 0. The van der Waals surface area contributed by atoms with Gasteiger partial charge in [0, 0.05) is 6.42 Å². The Morgan fingerprint density at radius 1 is 0.402 bits per heavy atom. The summed E-state index contributed by atoms with van der Waals surface area (Å²) in [4.78, 5) is 13.1.